The molecule has 1 amide bonds. The van der Waals surface area contributed by atoms with Crippen LogP contribution in [-0.4, -0.2) is 20.6 Å². The van der Waals surface area contributed by atoms with Crippen LogP contribution in [0.2, 0.25) is 0 Å². The molecule has 5 heteroatoms. The average molecular weight is 307 g/mol. The van der Waals surface area contributed by atoms with Crippen LogP contribution in [0, 0.1) is 17.8 Å². The molecule has 3 atom stereocenters. The Morgan fingerprint density at radius 1 is 1.29 bits per heavy atom. The zero-order valence-corrected chi connectivity index (χ0v) is 13.0. The quantitative estimate of drug-likeness (QED) is 0.930. The molecule has 3 rings (SSSR count). The van der Waals surface area contributed by atoms with E-state index in [4.69, 9.17) is 0 Å². The Kier molecular flexibility index (Phi) is 3.78. The maximum atomic E-state index is 12.1. The maximum absolute atomic E-state index is 12.1. The van der Waals surface area contributed by atoms with Crippen molar-refractivity contribution in [1.29, 1.82) is 0 Å². The third-order valence-electron chi connectivity index (χ3n) is 4.88. The van der Waals surface area contributed by atoms with Crippen LogP contribution in [0.3, 0.4) is 0 Å². The molecule has 1 aromatic carbocycles. The van der Waals surface area contributed by atoms with Crippen molar-refractivity contribution in [3.63, 3.8) is 0 Å². The summed E-state index contributed by atoms with van der Waals surface area (Å²) in [5.74, 6) is 2.07. The first kappa shape index (κ1) is 14.6. The fourth-order valence-electron chi connectivity index (χ4n) is 3.88. The first-order chi connectivity index (χ1) is 9.91. The normalized spacial score (nSPS) is 27.8. The van der Waals surface area contributed by atoms with Crippen LogP contribution in [0.15, 0.2) is 29.2 Å². The SMILES string of the molecule is CS(=O)(=O)c1cccc(NC(=O)CC2CC3CCC2C3)c1. The van der Waals surface area contributed by atoms with E-state index in [0.29, 0.717) is 18.0 Å². The van der Waals surface area contributed by atoms with Crippen LogP contribution >= 0.6 is 0 Å². The molecule has 1 aromatic rings. The maximum Gasteiger partial charge on any atom is 0.224 e. The first-order valence-corrected chi connectivity index (χ1v) is 9.41. The molecule has 2 fully saturated rings. The van der Waals surface area contributed by atoms with Crippen LogP contribution in [0.5, 0.6) is 0 Å². The molecule has 3 unspecified atom stereocenters. The number of nitrogens with one attached hydrogen (secondary N) is 1. The largest absolute Gasteiger partial charge is 0.326 e. The molecular weight excluding hydrogens is 286 g/mol. The van der Waals surface area contributed by atoms with E-state index >= 15 is 0 Å². The Labute approximate surface area is 125 Å². The van der Waals surface area contributed by atoms with E-state index < -0.39 is 9.84 Å². The van der Waals surface area contributed by atoms with Gasteiger partial charge in [-0.15, -0.1) is 0 Å². The van der Waals surface area contributed by atoms with E-state index in [-0.39, 0.29) is 10.8 Å². The lowest BCUT2D eigenvalue weighted by molar-refractivity contribution is -0.117. The Morgan fingerprint density at radius 2 is 2.10 bits per heavy atom. The fourth-order valence-corrected chi connectivity index (χ4v) is 4.55. The third kappa shape index (κ3) is 3.28. The van der Waals surface area contributed by atoms with Crippen LogP contribution in [-0.2, 0) is 14.6 Å². The van der Waals surface area contributed by atoms with Crippen molar-refractivity contribution in [1.82, 2.24) is 0 Å². The highest BCUT2D eigenvalue weighted by Gasteiger charge is 2.40. The number of sulfone groups is 1. The van der Waals surface area contributed by atoms with Gasteiger partial charge >= 0.3 is 0 Å². The zero-order chi connectivity index (χ0) is 15.0. The van der Waals surface area contributed by atoms with Crippen LogP contribution in [0.1, 0.15) is 32.1 Å². The molecule has 2 aliphatic rings. The second-order valence-electron chi connectivity index (χ2n) is 6.49. The minimum absolute atomic E-state index is 0.00167. The summed E-state index contributed by atoms with van der Waals surface area (Å²) in [5.41, 5.74) is 0.561. The highest BCUT2D eigenvalue weighted by Crippen LogP contribution is 2.49. The van der Waals surface area contributed by atoms with Gasteiger partial charge in [0.25, 0.3) is 0 Å². The van der Waals surface area contributed by atoms with Crippen LogP contribution < -0.4 is 5.32 Å². The van der Waals surface area contributed by atoms with Gasteiger partial charge in [0.2, 0.25) is 5.91 Å². The van der Waals surface area contributed by atoms with Gasteiger partial charge in [0.1, 0.15) is 0 Å². The summed E-state index contributed by atoms with van der Waals surface area (Å²) in [6, 6.07) is 6.45. The van der Waals surface area contributed by atoms with E-state index in [2.05, 4.69) is 5.32 Å². The minimum Gasteiger partial charge on any atom is -0.326 e. The smallest absolute Gasteiger partial charge is 0.224 e. The van der Waals surface area contributed by atoms with Gasteiger partial charge in [-0.2, -0.15) is 0 Å². The predicted molar refractivity (Wildman–Crippen MR) is 81.7 cm³/mol. The lowest BCUT2D eigenvalue weighted by Crippen LogP contribution is -2.20. The average Bonchev–Trinajstić information content (AvgIpc) is 3.00. The van der Waals surface area contributed by atoms with Gasteiger partial charge in [0, 0.05) is 18.4 Å². The molecule has 0 radical (unpaired) electrons. The number of carbonyl (C=O) groups is 1. The zero-order valence-electron chi connectivity index (χ0n) is 12.2. The Hall–Kier alpha value is -1.36. The minimum atomic E-state index is -3.24. The molecule has 0 aliphatic heterocycles. The summed E-state index contributed by atoms with van der Waals surface area (Å²) < 4.78 is 23.0. The lowest BCUT2D eigenvalue weighted by Gasteiger charge is -2.20. The van der Waals surface area contributed by atoms with Crippen LogP contribution in [0.25, 0.3) is 0 Å². The van der Waals surface area contributed by atoms with Crippen molar-refractivity contribution in [3.05, 3.63) is 24.3 Å². The Balaban J connectivity index is 1.62. The van der Waals surface area contributed by atoms with Gasteiger partial charge in [0.15, 0.2) is 9.84 Å². The van der Waals surface area contributed by atoms with Crippen LogP contribution in [0.4, 0.5) is 5.69 Å². The van der Waals surface area contributed by atoms with E-state index in [9.17, 15) is 13.2 Å². The monoisotopic (exact) mass is 307 g/mol. The lowest BCUT2D eigenvalue weighted by atomic mass is 9.86. The molecule has 114 valence electrons. The topological polar surface area (TPSA) is 63.2 Å². The van der Waals surface area contributed by atoms with Gasteiger partial charge < -0.3 is 5.32 Å². The number of amides is 1. The molecule has 4 nitrogen and oxygen atoms in total. The van der Waals surface area contributed by atoms with Crippen molar-refractivity contribution >= 4 is 21.4 Å². The van der Waals surface area contributed by atoms with E-state index in [0.717, 1.165) is 11.8 Å². The van der Waals surface area contributed by atoms with Gasteiger partial charge in [-0.05, 0) is 55.2 Å². The summed E-state index contributed by atoms with van der Waals surface area (Å²) in [5, 5.41) is 2.84. The van der Waals surface area contributed by atoms with E-state index in [1.165, 1.54) is 38.0 Å². The molecule has 2 saturated carbocycles. The molecule has 0 saturated heterocycles. The highest BCUT2D eigenvalue weighted by molar-refractivity contribution is 7.90. The van der Waals surface area contributed by atoms with E-state index in [1.807, 2.05) is 0 Å². The molecule has 21 heavy (non-hydrogen) atoms. The van der Waals surface area contributed by atoms with Gasteiger partial charge in [0.05, 0.1) is 4.90 Å². The van der Waals surface area contributed by atoms with Crippen molar-refractivity contribution in [2.24, 2.45) is 17.8 Å². The molecule has 0 heterocycles. The molecule has 0 aromatic heterocycles. The van der Waals surface area contributed by atoms with Crippen molar-refractivity contribution in [3.8, 4) is 0 Å². The molecular formula is C16H21NO3S. The van der Waals surface area contributed by atoms with Gasteiger partial charge in [-0.1, -0.05) is 12.5 Å². The summed E-state index contributed by atoms with van der Waals surface area (Å²) >= 11 is 0. The number of benzene rings is 1. The highest BCUT2D eigenvalue weighted by atomic mass is 32.2. The van der Waals surface area contributed by atoms with E-state index in [1.54, 1.807) is 18.2 Å². The summed E-state index contributed by atoms with van der Waals surface area (Å²) in [4.78, 5) is 12.4. The second-order valence-corrected chi connectivity index (χ2v) is 8.50. The number of rotatable bonds is 4. The summed E-state index contributed by atoms with van der Waals surface area (Å²) in [6.45, 7) is 0. The summed E-state index contributed by atoms with van der Waals surface area (Å²) in [6.07, 6.45) is 6.81. The van der Waals surface area contributed by atoms with Crippen molar-refractivity contribution in [2.75, 3.05) is 11.6 Å². The molecule has 2 aliphatic carbocycles. The number of hydrogen-bond donors (Lipinski definition) is 1. The Morgan fingerprint density at radius 3 is 2.71 bits per heavy atom. The van der Waals surface area contributed by atoms with Crippen molar-refractivity contribution < 1.29 is 13.2 Å². The molecule has 1 N–H and O–H groups in total. The molecule has 2 bridgehead atoms. The third-order valence-corrected chi connectivity index (χ3v) is 5.99. The van der Waals surface area contributed by atoms with Gasteiger partial charge in [-0.25, -0.2) is 8.42 Å². The number of hydrogen-bond acceptors (Lipinski definition) is 3. The second kappa shape index (κ2) is 5.44. The standard InChI is InChI=1S/C16H21NO3S/c1-21(19,20)15-4-2-3-14(10-15)17-16(18)9-13-8-11-5-6-12(13)7-11/h2-4,10-13H,5-9H2,1H3,(H,17,18). The number of anilines is 1. The summed E-state index contributed by atoms with van der Waals surface area (Å²) in [7, 11) is -3.24. The molecule has 0 spiro atoms. The fraction of sp³-hybridized carbons (Fsp3) is 0.562. The number of carbonyl (C=O) groups excluding carboxylic acids is 1. The van der Waals surface area contributed by atoms with Gasteiger partial charge in [-0.3, -0.25) is 4.79 Å². The number of fused-ring (bicyclic) bond motifs is 2. The Bertz CT molecular complexity index is 653. The van der Waals surface area contributed by atoms with Crippen molar-refractivity contribution in [2.45, 2.75) is 37.0 Å². The first-order valence-electron chi connectivity index (χ1n) is 7.52. The predicted octanol–water partition coefficient (Wildman–Crippen LogP) is 2.85.